The van der Waals surface area contributed by atoms with Crippen molar-refractivity contribution in [1.29, 1.82) is 0 Å². The first-order chi connectivity index (χ1) is 6.61. The van der Waals surface area contributed by atoms with E-state index >= 15 is 0 Å². The smallest absolute Gasteiger partial charge is 0.269 e. The molecule has 1 aromatic rings. The lowest BCUT2D eigenvalue weighted by Gasteiger charge is -2.11. The second-order valence-electron chi connectivity index (χ2n) is 2.47. The van der Waals surface area contributed by atoms with Crippen LogP contribution >= 0.6 is 11.6 Å². The Bertz CT molecular complexity index is 333. The molecular weight excluding hydrogens is 216 g/mol. The molecule has 14 heavy (non-hydrogen) atoms. The van der Waals surface area contributed by atoms with Crippen LogP contribution in [0.4, 0.5) is 8.78 Å². The molecule has 0 fully saturated rings. The van der Waals surface area contributed by atoms with E-state index in [4.69, 9.17) is 11.6 Å². The van der Waals surface area contributed by atoms with Crippen molar-refractivity contribution in [1.82, 2.24) is 4.98 Å². The van der Waals surface area contributed by atoms with Gasteiger partial charge < -0.3 is 9.84 Å². The van der Waals surface area contributed by atoms with Gasteiger partial charge in [-0.1, -0.05) is 0 Å². The largest absolute Gasteiger partial charge is 0.503 e. The first-order valence-electron chi connectivity index (χ1n) is 3.70. The summed E-state index contributed by atoms with van der Waals surface area (Å²) in [5.74, 6) is -0.849. The zero-order chi connectivity index (χ0) is 10.7. The minimum atomic E-state index is -2.78. The minimum absolute atomic E-state index is 0.0105. The van der Waals surface area contributed by atoms with Crippen LogP contribution < -0.4 is 4.74 Å². The highest BCUT2D eigenvalue weighted by Crippen LogP contribution is 2.37. The second kappa shape index (κ2) is 4.41. The molecule has 0 unspecified atom stereocenters. The average molecular weight is 224 g/mol. The lowest BCUT2D eigenvalue weighted by atomic mass is 10.2. The molecule has 1 heterocycles. The van der Waals surface area contributed by atoms with E-state index in [1.165, 1.54) is 7.11 Å². The standard InChI is InChI=1S/C8H8ClF2NO2/c1-14-7-5(13)3-12-4(2-9)6(7)8(10)11/h3,8,13H,2H2,1H3. The van der Waals surface area contributed by atoms with Crippen molar-refractivity contribution >= 4 is 11.6 Å². The number of rotatable bonds is 3. The third kappa shape index (κ3) is 1.87. The maximum atomic E-state index is 12.6. The number of alkyl halides is 3. The van der Waals surface area contributed by atoms with Crippen molar-refractivity contribution in [3.8, 4) is 11.5 Å². The van der Waals surface area contributed by atoms with E-state index in [-0.39, 0.29) is 17.3 Å². The van der Waals surface area contributed by atoms with Gasteiger partial charge in [0.15, 0.2) is 11.5 Å². The van der Waals surface area contributed by atoms with Gasteiger partial charge in [0.25, 0.3) is 6.43 Å². The van der Waals surface area contributed by atoms with Gasteiger partial charge in [-0.2, -0.15) is 0 Å². The van der Waals surface area contributed by atoms with E-state index in [1.54, 1.807) is 0 Å². The minimum Gasteiger partial charge on any atom is -0.503 e. The Kier molecular flexibility index (Phi) is 3.46. The fourth-order valence-electron chi connectivity index (χ4n) is 1.08. The summed E-state index contributed by atoms with van der Waals surface area (Å²) in [5, 5.41) is 9.20. The van der Waals surface area contributed by atoms with Crippen LogP contribution in [-0.2, 0) is 5.88 Å². The number of methoxy groups -OCH3 is 1. The molecular formula is C8H8ClF2NO2. The summed E-state index contributed by atoms with van der Waals surface area (Å²) in [5.41, 5.74) is -0.446. The Hall–Kier alpha value is -1.10. The molecule has 0 bridgehead atoms. The van der Waals surface area contributed by atoms with Crippen molar-refractivity contribution in [3.63, 3.8) is 0 Å². The van der Waals surface area contributed by atoms with Crippen LogP contribution in [0.2, 0.25) is 0 Å². The summed E-state index contributed by atoms with van der Waals surface area (Å²) in [6.07, 6.45) is -1.75. The highest BCUT2D eigenvalue weighted by atomic mass is 35.5. The average Bonchev–Trinajstić information content (AvgIpc) is 2.17. The summed E-state index contributed by atoms with van der Waals surface area (Å²) < 4.78 is 29.8. The highest BCUT2D eigenvalue weighted by Gasteiger charge is 2.22. The van der Waals surface area contributed by atoms with Crippen LogP contribution in [0, 0.1) is 0 Å². The maximum absolute atomic E-state index is 12.6. The Morgan fingerprint density at radius 1 is 1.64 bits per heavy atom. The Morgan fingerprint density at radius 2 is 2.29 bits per heavy atom. The van der Waals surface area contributed by atoms with Crippen molar-refractivity contribution < 1.29 is 18.6 Å². The third-order valence-corrected chi connectivity index (χ3v) is 1.93. The summed E-state index contributed by atoms with van der Waals surface area (Å²) in [6, 6.07) is 0. The Morgan fingerprint density at radius 3 is 2.71 bits per heavy atom. The Balaban J connectivity index is 3.36. The summed E-state index contributed by atoms with van der Waals surface area (Å²) in [4.78, 5) is 3.58. The molecule has 0 amide bonds. The van der Waals surface area contributed by atoms with Gasteiger partial charge >= 0.3 is 0 Å². The lowest BCUT2D eigenvalue weighted by Crippen LogP contribution is -2.00. The number of halogens is 3. The molecule has 0 atom stereocenters. The molecule has 0 aliphatic heterocycles. The molecule has 0 aliphatic carbocycles. The second-order valence-corrected chi connectivity index (χ2v) is 2.74. The monoisotopic (exact) mass is 223 g/mol. The molecule has 0 aliphatic rings. The topological polar surface area (TPSA) is 42.4 Å². The fourth-order valence-corrected chi connectivity index (χ4v) is 1.30. The number of hydrogen-bond donors (Lipinski definition) is 1. The van der Waals surface area contributed by atoms with Gasteiger partial charge in [0, 0.05) is 0 Å². The van der Waals surface area contributed by atoms with E-state index in [2.05, 4.69) is 9.72 Å². The number of aromatic hydroxyl groups is 1. The number of pyridine rings is 1. The van der Waals surface area contributed by atoms with Gasteiger partial charge in [-0.3, -0.25) is 4.98 Å². The van der Waals surface area contributed by atoms with Gasteiger partial charge in [0.05, 0.1) is 30.4 Å². The van der Waals surface area contributed by atoms with Gasteiger partial charge in [-0.15, -0.1) is 11.6 Å². The molecule has 6 heteroatoms. The van der Waals surface area contributed by atoms with Crippen molar-refractivity contribution in [2.45, 2.75) is 12.3 Å². The molecule has 0 saturated heterocycles. The molecule has 1 rings (SSSR count). The number of aromatic nitrogens is 1. The third-order valence-electron chi connectivity index (χ3n) is 1.68. The molecule has 3 nitrogen and oxygen atoms in total. The van der Waals surface area contributed by atoms with E-state index in [0.29, 0.717) is 0 Å². The van der Waals surface area contributed by atoms with Crippen LogP contribution in [0.1, 0.15) is 17.7 Å². The molecule has 0 aromatic carbocycles. The number of nitrogens with zero attached hydrogens (tertiary/aromatic N) is 1. The lowest BCUT2D eigenvalue weighted by molar-refractivity contribution is 0.144. The normalized spacial score (nSPS) is 10.6. The zero-order valence-electron chi connectivity index (χ0n) is 7.30. The van der Waals surface area contributed by atoms with E-state index < -0.39 is 17.7 Å². The SMILES string of the molecule is COc1c(O)cnc(CCl)c1C(F)F. The molecule has 78 valence electrons. The van der Waals surface area contributed by atoms with E-state index in [0.717, 1.165) is 6.20 Å². The predicted octanol–water partition coefficient (Wildman–Crippen LogP) is 2.47. The number of ether oxygens (including phenoxy) is 1. The summed E-state index contributed by atoms with van der Waals surface area (Å²) in [6.45, 7) is 0. The van der Waals surface area contributed by atoms with Gasteiger partial charge in [-0.05, 0) is 0 Å². The van der Waals surface area contributed by atoms with E-state index in [1.807, 2.05) is 0 Å². The Labute approximate surface area is 84.3 Å². The molecule has 0 saturated carbocycles. The molecule has 1 aromatic heterocycles. The van der Waals surface area contributed by atoms with Gasteiger partial charge in [0.1, 0.15) is 0 Å². The molecule has 1 N–H and O–H groups in total. The van der Waals surface area contributed by atoms with Crippen molar-refractivity contribution in [3.05, 3.63) is 17.5 Å². The van der Waals surface area contributed by atoms with Crippen LogP contribution in [0.5, 0.6) is 11.5 Å². The highest BCUT2D eigenvalue weighted by molar-refractivity contribution is 6.17. The summed E-state index contributed by atoms with van der Waals surface area (Å²) in [7, 11) is 1.19. The molecule has 0 spiro atoms. The van der Waals surface area contributed by atoms with Crippen LogP contribution in [0.3, 0.4) is 0 Å². The van der Waals surface area contributed by atoms with Crippen LogP contribution in [-0.4, -0.2) is 17.2 Å². The first-order valence-corrected chi connectivity index (χ1v) is 4.24. The zero-order valence-corrected chi connectivity index (χ0v) is 8.05. The van der Waals surface area contributed by atoms with E-state index in [9.17, 15) is 13.9 Å². The fraction of sp³-hybridized carbons (Fsp3) is 0.375. The number of hydrogen-bond acceptors (Lipinski definition) is 3. The first kappa shape index (κ1) is 11.0. The quantitative estimate of drug-likeness (QED) is 0.801. The van der Waals surface area contributed by atoms with Gasteiger partial charge in [-0.25, -0.2) is 8.78 Å². The van der Waals surface area contributed by atoms with Crippen LogP contribution in [0.25, 0.3) is 0 Å². The van der Waals surface area contributed by atoms with Crippen molar-refractivity contribution in [2.75, 3.05) is 7.11 Å². The predicted molar refractivity (Wildman–Crippen MR) is 47.0 cm³/mol. The van der Waals surface area contributed by atoms with Crippen LogP contribution in [0.15, 0.2) is 6.20 Å². The maximum Gasteiger partial charge on any atom is 0.269 e. The van der Waals surface area contributed by atoms with Crippen molar-refractivity contribution in [2.24, 2.45) is 0 Å². The summed E-state index contributed by atoms with van der Waals surface area (Å²) >= 11 is 5.42. The molecule has 0 radical (unpaired) electrons. The van der Waals surface area contributed by atoms with Gasteiger partial charge in [0.2, 0.25) is 0 Å².